The highest BCUT2D eigenvalue weighted by molar-refractivity contribution is 7.90. The first-order valence-corrected chi connectivity index (χ1v) is 10.2. The number of fused-ring (bicyclic) bond motifs is 2. The van der Waals surface area contributed by atoms with Gasteiger partial charge in [0.25, 0.3) is 10.0 Å². The average Bonchev–Trinajstić information content (AvgIpc) is 3.25. The van der Waals surface area contributed by atoms with Gasteiger partial charge >= 0.3 is 0 Å². The van der Waals surface area contributed by atoms with Crippen LogP contribution in [0.3, 0.4) is 0 Å². The fraction of sp³-hybridized carbons (Fsp3) is 0.200. The normalized spacial score (nSPS) is 13.7. The molecule has 1 unspecified atom stereocenters. The number of nitrogens with zero attached hydrogens (tertiary/aromatic N) is 4. The smallest absolute Gasteiger partial charge is 0.287 e. The summed E-state index contributed by atoms with van der Waals surface area (Å²) in [5, 5.41) is 1.65. The van der Waals surface area contributed by atoms with Gasteiger partial charge in [-0.25, -0.2) is 8.96 Å². The van der Waals surface area contributed by atoms with Gasteiger partial charge in [0.2, 0.25) is 5.03 Å². The lowest BCUT2D eigenvalue weighted by Gasteiger charge is -2.07. The maximum Gasteiger partial charge on any atom is 0.287 e. The van der Waals surface area contributed by atoms with Crippen LogP contribution in [0.2, 0.25) is 5.15 Å². The second-order valence-electron chi connectivity index (χ2n) is 5.66. The highest BCUT2D eigenvalue weighted by Crippen LogP contribution is 2.32. The molecule has 4 heterocycles. The molecule has 0 aliphatic heterocycles. The summed E-state index contributed by atoms with van der Waals surface area (Å²) in [4.78, 5) is 8.99. The van der Waals surface area contributed by atoms with Crippen molar-refractivity contribution in [2.45, 2.75) is 17.9 Å². The number of imidazole rings is 1. The Labute approximate surface area is 152 Å². The zero-order valence-corrected chi connectivity index (χ0v) is 15.5. The molecule has 0 aliphatic carbocycles. The maximum absolute atomic E-state index is 13.3. The van der Waals surface area contributed by atoms with Crippen LogP contribution in [0.1, 0.15) is 18.4 Å². The van der Waals surface area contributed by atoms with Crippen LogP contribution < -0.4 is 5.73 Å². The van der Waals surface area contributed by atoms with Crippen molar-refractivity contribution in [2.75, 3.05) is 6.54 Å². The molecule has 4 aromatic rings. The highest BCUT2D eigenvalue weighted by Gasteiger charge is 2.29. The standard InChI is InChI=1S/C15H14ClN5O2S2/c1-9(7-17)10-8-21(11-3-2-4-18-12(10)11)25(22,23)14-13(16)19-15-20(14)5-6-24-15/h2-6,8-9H,7,17H2,1H3. The molecular formula is C15H14ClN5O2S2. The number of hydrogen-bond donors (Lipinski definition) is 1. The van der Waals surface area contributed by atoms with E-state index in [0.717, 1.165) is 5.56 Å². The van der Waals surface area contributed by atoms with Gasteiger partial charge in [-0.15, -0.1) is 11.3 Å². The van der Waals surface area contributed by atoms with Crippen LogP contribution in [0.25, 0.3) is 16.0 Å². The lowest BCUT2D eigenvalue weighted by molar-refractivity contribution is 0.584. The van der Waals surface area contributed by atoms with Crippen molar-refractivity contribution < 1.29 is 8.42 Å². The lowest BCUT2D eigenvalue weighted by Crippen LogP contribution is -2.14. The van der Waals surface area contributed by atoms with E-state index in [1.807, 2.05) is 6.92 Å². The summed E-state index contributed by atoms with van der Waals surface area (Å²) in [7, 11) is -3.96. The van der Waals surface area contributed by atoms with E-state index in [4.69, 9.17) is 17.3 Å². The molecule has 0 bridgehead atoms. The van der Waals surface area contributed by atoms with Gasteiger partial charge in [-0.3, -0.25) is 9.38 Å². The van der Waals surface area contributed by atoms with E-state index in [9.17, 15) is 8.42 Å². The molecule has 25 heavy (non-hydrogen) atoms. The summed E-state index contributed by atoms with van der Waals surface area (Å²) < 4.78 is 29.4. The Hall–Kier alpha value is -1.94. The number of rotatable bonds is 4. The first-order chi connectivity index (χ1) is 11.9. The molecular weight excluding hydrogens is 382 g/mol. The van der Waals surface area contributed by atoms with Crippen LogP contribution >= 0.6 is 22.9 Å². The topological polar surface area (TPSA) is 95.3 Å². The summed E-state index contributed by atoms with van der Waals surface area (Å²) in [5.41, 5.74) is 7.66. The fourth-order valence-corrected chi connectivity index (χ4v) is 5.59. The molecule has 0 aliphatic rings. The van der Waals surface area contributed by atoms with Crippen LogP contribution in [0.5, 0.6) is 0 Å². The second-order valence-corrected chi connectivity index (χ2v) is 8.62. The van der Waals surface area contributed by atoms with Gasteiger partial charge < -0.3 is 5.73 Å². The minimum Gasteiger partial charge on any atom is -0.330 e. The van der Waals surface area contributed by atoms with Crippen molar-refractivity contribution in [2.24, 2.45) is 5.73 Å². The molecule has 1 atom stereocenters. The third kappa shape index (κ3) is 2.38. The number of aromatic nitrogens is 4. The molecule has 2 N–H and O–H groups in total. The van der Waals surface area contributed by atoms with Crippen molar-refractivity contribution in [1.82, 2.24) is 18.3 Å². The molecule has 10 heteroatoms. The van der Waals surface area contributed by atoms with Gasteiger partial charge in [0.15, 0.2) is 10.1 Å². The van der Waals surface area contributed by atoms with Crippen LogP contribution in [-0.4, -0.2) is 33.3 Å². The first kappa shape index (κ1) is 16.5. The van der Waals surface area contributed by atoms with E-state index < -0.39 is 10.0 Å². The molecule has 4 rings (SSSR count). The van der Waals surface area contributed by atoms with Crippen molar-refractivity contribution in [3.8, 4) is 0 Å². The lowest BCUT2D eigenvalue weighted by atomic mass is 10.0. The predicted octanol–water partition coefficient (Wildman–Crippen LogP) is 2.70. The van der Waals surface area contributed by atoms with Gasteiger partial charge in [0.1, 0.15) is 0 Å². The molecule has 0 radical (unpaired) electrons. The molecule has 130 valence electrons. The quantitative estimate of drug-likeness (QED) is 0.573. The Morgan fingerprint density at radius 1 is 1.44 bits per heavy atom. The summed E-state index contributed by atoms with van der Waals surface area (Å²) in [6.45, 7) is 2.32. The molecule has 0 fully saturated rings. The monoisotopic (exact) mass is 395 g/mol. The first-order valence-electron chi connectivity index (χ1n) is 7.47. The summed E-state index contributed by atoms with van der Waals surface area (Å²) in [6, 6.07) is 3.41. The maximum atomic E-state index is 13.3. The summed E-state index contributed by atoms with van der Waals surface area (Å²) in [5.74, 6) is -0.0315. The van der Waals surface area contributed by atoms with E-state index >= 15 is 0 Å². The van der Waals surface area contributed by atoms with Gasteiger partial charge in [0, 0.05) is 29.5 Å². The van der Waals surface area contributed by atoms with Gasteiger partial charge in [0.05, 0.1) is 11.0 Å². The molecule has 0 aromatic carbocycles. The summed E-state index contributed by atoms with van der Waals surface area (Å²) >= 11 is 7.45. The Morgan fingerprint density at radius 2 is 2.24 bits per heavy atom. The SMILES string of the molecule is CC(CN)c1cn(S(=O)(=O)c2c(Cl)nc3sccn23)c2cccnc12. The van der Waals surface area contributed by atoms with E-state index in [-0.39, 0.29) is 16.1 Å². The van der Waals surface area contributed by atoms with E-state index in [1.54, 1.807) is 36.1 Å². The molecule has 0 spiro atoms. The van der Waals surface area contributed by atoms with Crippen LogP contribution in [-0.2, 0) is 10.0 Å². The van der Waals surface area contributed by atoms with E-state index in [2.05, 4.69) is 9.97 Å². The van der Waals surface area contributed by atoms with Gasteiger partial charge in [-0.2, -0.15) is 8.42 Å². The minimum absolute atomic E-state index is 0.0315. The van der Waals surface area contributed by atoms with Crippen LogP contribution in [0.15, 0.2) is 41.1 Å². The number of halogens is 1. The van der Waals surface area contributed by atoms with E-state index in [0.29, 0.717) is 22.5 Å². The zero-order chi connectivity index (χ0) is 17.8. The molecule has 0 amide bonds. The second kappa shape index (κ2) is 5.80. The number of hydrogen-bond acceptors (Lipinski definition) is 6. The minimum atomic E-state index is -3.96. The third-order valence-corrected chi connectivity index (χ3v) is 6.95. The number of thiazole rings is 1. The fourth-order valence-electron chi connectivity index (χ4n) is 2.80. The molecule has 7 nitrogen and oxygen atoms in total. The Bertz CT molecular complexity index is 1190. The van der Waals surface area contributed by atoms with Gasteiger partial charge in [-0.05, 0) is 24.6 Å². The van der Waals surface area contributed by atoms with Crippen molar-refractivity contribution in [1.29, 1.82) is 0 Å². The molecule has 4 aromatic heterocycles. The number of pyridine rings is 1. The van der Waals surface area contributed by atoms with Gasteiger partial charge in [-0.1, -0.05) is 18.5 Å². The number of nitrogens with two attached hydrogens (primary N) is 1. The predicted molar refractivity (Wildman–Crippen MR) is 97.9 cm³/mol. The summed E-state index contributed by atoms with van der Waals surface area (Å²) in [6.07, 6.45) is 4.85. The van der Waals surface area contributed by atoms with Crippen molar-refractivity contribution >= 4 is 49.0 Å². The van der Waals surface area contributed by atoms with Crippen molar-refractivity contribution in [3.05, 3.63) is 46.8 Å². The zero-order valence-electron chi connectivity index (χ0n) is 13.1. The van der Waals surface area contributed by atoms with E-state index in [1.165, 1.54) is 19.7 Å². The molecule has 0 saturated carbocycles. The average molecular weight is 396 g/mol. The third-order valence-electron chi connectivity index (χ3n) is 4.12. The van der Waals surface area contributed by atoms with Crippen molar-refractivity contribution in [3.63, 3.8) is 0 Å². The largest absolute Gasteiger partial charge is 0.330 e. The Morgan fingerprint density at radius 3 is 3.00 bits per heavy atom. The molecule has 0 saturated heterocycles. The Balaban J connectivity index is 2.04. The Kier molecular flexibility index (Phi) is 3.84. The highest BCUT2D eigenvalue weighted by atomic mass is 35.5. The van der Waals surface area contributed by atoms with Crippen LogP contribution in [0.4, 0.5) is 0 Å². The van der Waals surface area contributed by atoms with Crippen LogP contribution in [0, 0.1) is 0 Å².